The molecule has 0 radical (unpaired) electrons. The summed E-state index contributed by atoms with van der Waals surface area (Å²) in [4.78, 5) is 11.4. The van der Waals surface area contributed by atoms with Gasteiger partial charge in [-0.05, 0) is 23.3 Å². The number of benzene rings is 1. The van der Waals surface area contributed by atoms with E-state index in [1.54, 1.807) is 0 Å². The Morgan fingerprint density at radius 2 is 2.06 bits per heavy atom. The molecule has 1 heterocycles. The summed E-state index contributed by atoms with van der Waals surface area (Å²) in [6, 6.07) is 1.94. The summed E-state index contributed by atoms with van der Waals surface area (Å²) < 4.78 is 38.5. The maximum Gasteiger partial charge on any atom is 0.416 e. The molecule has 7 heteroatoms. The first-order valence-corrected chi connectivity index (χ1v) is 5.15. The van der Waals surface area contributed by atoms with Gasteiger partial charge in [-0.2, -0.15) is 13.2 Å². The number of rotatable bonds is 2. The molecule has 1 aromatic rings. The van der Waals surface area contributed by atoms with E-state index in [1.165, 1.54) is 6.07 Å². The summed E-state index contributed by atoms with van der Waals surface area (Å²) >= 11 is 0. The van der Waals surface area contributed by atoms with Crippen LogP contribution in [-0.4, -0.2) is 22.7 Å². The number of hydrogen-bond donors (Lipinski definition) is 3. The van der Waals surface area contributed by atoms with Crippen LogP contribution in [0, 0.1) is 0 Å². The third-order valence-electron chi connectivity index (χ3n) is 2.81. The summed E-state index contributed by atoms with van der Waals surface area (Å²) in [6.07, 6.45) is -6.05. The zero-order valence-electron chi connectivity index (χ0n) is 9.08. The van der Waals surface area contributed by atoms with E-state index in [9.17, 15) is 23.1 Å². The van der Waals surface area contributed by atoms with Gasteiger partial charge in [0.05, 0.1) is 12.2 Å². The molecule has 0 saturated heterocycles. The van der Waals surface area contributed by atoms with E-state index in [0.717, 1.165) is 6.07 Å². The van der Waals surface area contributed by atoms with Gasteiger partial charge < -0.3 is 15.5 Å². The topological polar surface area (TPSA) is 69.6 Å². The minimum Gasteiger partial charge on any atom is -0.393 e. The summed E-state index contributed by atoms with van der Waals surface area (Å²) in [6.45, 7) is -0.893. The first kappa shape index (κ1) is 12.8. The number of alkyl halides is 3. The van der Waals surface area contributed by atoms with E-state index in [1.807, 2.05) is 0 Å². The van der Waals surface area contributed by atoms with Gasteiger partial charge in [0, 0.05) is 12.1 Å². The van der Waals surface area contributed by atoms with Crippen molar-refractivity contribution >= 4 is 5.91 Å². The van der Waals surface area contributed by atoms with Gasteiger partial charge >= 0.3 is 6.18 Å². The van der Waals surface area contributed by atoms with Crippen LogP contribution in [0.1, 0.15) is 33.2 Å². The fraction of sp³-hybridized carbons (Fsp3) is 0.364. The Hall–Kier alpha value is -1.60. The number of aliphatic hydroxyl groups excluding tert-OH is 2. The average molecular weight is 261 g/mol. The highest BCUT2D eigenvalue weighted by atomic mass is 19.4. The largest absolute Gasteiger partial charge is 0.416 e. The lowest BCUT2D eigenvalue weighted by atomic mass is 9.96. The van der Waals surface area contributed by atoms with Gasteiger partial charge in [0.25, 0.3) is 5.91 Å². The van der Waals surface area contributed by atoms with Crippen molar-refractivity contribution in [2.45, 2.75) is 18.8 Å². The van der Waals surface area contributed by atoms with Crippen molar-refractivity contribution in [3.05, 3.63) is 34.4 Å². The second-order valence-electron chi connectivity index (χ2n) is 3.97. The molecule has 1 amide bonds. The number of hydrogen-bond acceptors (Lipinski definition) is 3. The minimum atomic E-state index is -4.61. The zero-order chi connectivity index (χ0) is 13.5. The summed E-state index contributed by atoms with van der Waals surface area (Å²) in [5.74, 6) is -0.609. The number of nitrogens with one attached hydrogen (secondary N) is 1. The summed E-state index contributed by atoms with van der Waals surface area (Å²) in [5, 5.41) is 20.5. The lowest BCUT2D eigenvalue weighted by Gasteiger charge is -2.15. The molecule has 0 bridgehead atoms. The summed E-state index contributed by atoms with van der Waals surface area (Å²) in [5.41, 5.74) is -1.31. The highest BCUT2D eigenvalue weighted by Crippen LogP contribution is 2.37. The van der Waals surface area contributed by atoms with Crippen LogP contribution in [0.2, 0.25) is 0 Å². The SMILES string of the molecule is O=C1NCc2c1cc(C(O)CO)cc2C(F)(F)F. The maximum absolute atomic E-state index is 12.8. The third kappa shape index (κ3) is 2.06. The van der Waals surface area contributed by atoms with Crippen molar-refractivity contribution in [2.75, 3.05) is 6.61 Å². The van der Waals surface area contributed by atoms with Gasteiger partial charge in [0.15, 0.2) is 0 Å². The molecule has 1 aromatic carbocycles. The van der Waals surface area contributed by atoms with E-state index in [-0.39, 0.29) is 23.2 Å². The molecule has 1 atom stereocenters. The first-order valence-electron chi connectivity index (χ1n) is 5.15. The van der Waals surface area contributed by atoms with Gasteiger partial charge in [-0.1, -0.05) is 0 Å². The van der Waals surface area contributed by atoms with Crippen LogP contribution in [0.5, 0.6) is 0 Å². The van der Waals surface area contributed by atoms with E-state index >= 15 is 0 Å². The normalized spacial score (nSPS) is 16.4. The molecule has 18 heavy (non-hydrogen) atoms. The second kappa shape index (κ2) is 4.25. The molecule has 0 aromatic heterocycles. The predicted molar refractivity (Wildman–Crippen MR) is 54.7 cm³/mol. The Morgan fingerprint density at radius 3 is 2.61 bits per heavy atom. The number of halogens is 3. The average Bonchev–Trinajstić information content (AvgIpc) is 2.68. The Bertz CT molecular complexity index is 499. The van der Waals surface area contributed by atoms with Crippen LogP contribution in [0.4, 0.5) is 13.2 Å². The van der Waals surface area contributed by atoms with Crippen LogP contribution in [-0.2, 0) is 12.7 Å². The van der Waals surface area contributed by atoms with Crippen LogP contribution >= 0.6 is 0 Å². The Morgan fingerprint density at radius 1 is 1.39 bits per heavy atom. The van der Waals surface area contributed by atoms with Gasteiger partial charge in [0.2, 0.25) is 0 Å². The number of fused-ring (bicyclic) bond motifs is 1. The van der Waals surface area contributed by atoms with Gasteiger partial charge in [-0.15, -0.1) is 0 Å². The molecule has 3 N–H and O–H groups in total. The molecule has 0 spiro atoms. The molecule has 4 nitrogen and oxygen atoms in total. The van der Waals surface area contributed by atoms with Crippen molar-refractivity contribution < 1.29 is 28.2 Å². The highest BCUT2D eigenvalue weighted by Gasteiger charge is 2.38. The Labute approximate surface area is 100 Å². The summed E-state index contributed by atoms with van der Waals surface area (Å²) in [7, 11) is 0. The Kier molecular flexibility index (Phi) is 3.04. The van der Waals surface area contributed by atoms with Crippen LogP contribution in [0.3, 0.4) is 0 Å². The van der Waals surface area contributed by atoms with Crippen molar-refractivity contribution in [1.82, 2.24) is 5.32 Å². The smallest absolute Gasteiger partial charge is 0.393 e. The lowest BCUT2D eigenvalue weighted by Crippen LogP contribution is -2.13. The van der Waals surface area contributed by atoms with E-state index in [0.29, 0.717) is 0 Å². The lowest BCUT2D eigenvalue weighted by molar-refractivity contribution is -0.138. The number of amides is 1. The quantitative estimate of drug-likeness (QED) is 0.743. The minimum absolute atomic E-state index is 0.104. The molecule has 0 aliphatic carbocycles. The maximum atomic E-state index is 12.8. The van der Waals surface area contributed by atoms with Crippen LogP contribution in [0.25, 0.3) is 0 Å². The number of carbonyl (C=O) groups excluding carboxylic acids is 1. The molecule has 0 fully saturated rings. The molecule has 1 aliphatic heterocycles. The zero-order valence-corrected chi connectivity index (χ0v) is 9.08. The molecule has 1 aliphatic rings. The standard InChI is InChI=1S/C11H10F3NO3/c12-11(13,14)8-2-5(9(17)4-16)1-6-7(8)3-15-10(6)18/h1-2,9,16-17H,3-4H2,(H,15,18). The van der Waals surface area contributed by atoms with Gasteiger partial charge in [-0.3, -0.25) is 4.79 Å². The second-order valence-corrected chi connectivity index (χ2v) is 3.97. The van der Waals surface area contributed by atoms with Gasteiger partial charge in [0.1, 0.15) is 6.10 Å². The molecule has 2 rings (SSSR count). The number of aliphatic hydroxyl groups is 2. The van der Waals surface area contributed by atoms with Crippen molar-refractivity contribution in [3.63, 3.8) is 0 Å². The monoisotopic (exact) mass is 261 g/mol. The molecule has 98 valence electrons. The van der Waals surface area contributed by atoms with Gasteiger partial charge in [-0.25, -0.2) is 0 Å². The van der Waals surface area contributed by atoms with E-state index in [4.69, 9.17) is 5.11 Å². The van der Waals surface area contributed by atoms with Crippen LogP contribution in [0.15, 0.2) is 12.1 Å². The molecule has 0 saturated carbocycles. The predicted octanol–water partition coefficient (Wildman–Crippen LogP) is 0.975. The number of carbonyl (C=O) groups is 1. The first-order chi connectivity index (χ1) is 8.34. The van der Waals surface area contributed by atoms with Crippen molar-refractivity contribution in [1.29, 1.82) is 0 Å². The third-order valence-corrected chi connectivity index (χ3v) is 2.81. The fourth-order valence-electron chi connectivity index (χ4n) is 1.90. The van der Waals surface area contributed by atoms with Crippen molar-refractivity contribution in [2.24, 2.45) is 0 Å². The van der Waals surface area contributed by atoms with E-state index in [2.05, 4.69) is 5.32 Å². The van der Waals surface area contributed by atoms with Crippen LogP contribution < -0.4 is 5.32 Å². The fourth-order valence-corrected chi connectivity index (χ4v) is 1.90. The molecule has 1 unspecified atom stereocenters. The van der Waals surface area contributed by atoms with Crippen molar-refractivity contribution in [3.8, 4) is 0 Å². The highest BCUT2D eigenvalue weighted by molar-refractivity contribution is 5.99. The van der Waals surface area contributed by atoms with E-state index < -0.39 is 30.4 Å². The molecular weight excluding hydrogens is 251 g/mol. The Balaban J connectivity index is 2.62. The molecular formula is C11H10F3NO3.